The van der Waals surface area contributed by atoms with Crippen molar-refractivity contribution in [2.45, 2.75) is 25.7 Å². The van der Waals surface area contributed by atoms with E-state index in [1.165, 1.54) is 24.7 Å². The largest absolute Gasteiger partial charge is 0.465 e. The lowest BCUT2D eigenvalue weighted by Crippen LogP contribution is -2.24. The number of rotatable bonds is 4. The Labute approximate surface area is 149 Å². The molecule has 0 unspecified atom stereocenters. The van der Waals surface area contributed by atoms with E-state index in [1.54, 1.807) is 18.5 Å². The van der Waals surface area contributed by atoms with Gasteiger partial charge in [-0.1, -0.05) is 6.07 Å². The molecule has 25 heavy (non-hydrogen) atoms. The number of nitrogens with one attached hydrogen (secondary N) is 2. The summed E-state index contributed by atoms with van der Waals surface area (Å²) >= 11 is 1.43. The molecule has 0 saturated heterocycles. The van der Waals surface area contributed by atoms with Gasteiger partial charge in [0.1, 0.15) is 5.00 Å². The maximum absolute atomic E-state index is 12.1. The molecule has 2 heterocycles. The second-order valence-corrected chi connectivity index (χ2v) is 6.62. The third kappa shape index (κ3) is 4.03. The van der Waals surface area contributed by atoms with Crippen molar-refractivity contribution in [2.24, 2.45) is 5.10 Å². The molecule has 1 aliphatic carbocycles. The van der Waals surface area contributed by atoms with Crippen LogP contribution in [0.4, 0.5) is 9.80 Å². The number of fused-ring (bicyclic) bond motifs is 1. The van der Waals surface area contributed by atoms with Crippen molar-refractivity contribution in [3.8, 4) is 0 Å². The minimum Gasteiger partial charge on any atom is -0.465 e. The van der Waals surface area contributed by atoms with E-state index in [0.29, 0.717) is 10.6 Å². The van der Waals surface area contributed by atoms with Crippen LogP contribution in [-0.4, -0.2) is 30.3 Å². The molecule has 2 aromatic rings. The average molecular weight is 358 g/mol. The lowest BCUT2D eigenvalue weighted by atomic mass is 9.95. The molecule has 0 aliphatic heterocycles. The molecule has 8 heteroatoms. The highest BCUT2D eigenvalue weighted by Crippen LogP contribution is 2.38. The Balaban J connectivity index is 1.71. The summed E-state index contributed by atoms with van der Waals surface area (Å²) in [5.74, 6) is -0.423. The van der Waals surface area contributed by atoms with Crippen LogP contribution in [0, 0.1) is 0 Å². The molecule has 0 spiro atoms. The fourth-order valence-corrected chi connectivity index (χ4v) is 3.99. The number of pyridine rings is 1. The van der Waals surface area contributed by atoms with E-state index in [9.17, 15) is 9.59 Å². The number of hydrogen-bond acceptors (Lipinski definition) is 6. The van der Waals surface area contributed by atoms with Crippen LogP contribution in [-0.2, 0) is 17.6 Å². The number of ether oxygens (including phenoxy) is 1. The Morgan fingerprint density at radius 3 is 2.96 bits per heavy atom. The minimum absolute atomic E-state index is 0.423. The van der Waals surface area contributed by atoms with E-state index in [2.05, 4.69) is 20.8 Å². The van der Waals surface area contributed by atoms with Crippen LogP contribution >= 0.6 is 11.3 Å². The Kier molecular flexibility index (Phi) is 5.39. The molecule has 7 nitrogen and oxygen atoms in total. The number of urea groups is 1. The SMILES string of the molecule is COC(=O)c1c(NC(=O)NN=Cc2cccnc2)sc2c1CCCC2. The van der Waals surface area contributed by atoms with Crippen molar-refractivity contribution in [3.05, 3.63) is 46.1 Å². The van der Waals surface area contributed by atoms with E-state index in [-0.39, 0.29) is 0 Å². The highest BCUT2D eigenvalue weighted by Gasteiger charge is 2.26. The van der Waals surface area contributed by atoms with Crippen molar-refractivity contribution >= 4 is 34.6 Å². The number of esters is 1. The van der Waals surface area contributed by atoms with Crippen LogP contribution in [0.2, 0.25) is 0 Å². The van der Waals surface area contributed by atoms with E-state index < -0.39 is 12.0 Å². The lowest BCUT2D eigenvalue weighted by Gasteiger charge is -2.11. The Morgan fingerprint density at radius 2 is 2.20 bits per heavy atom. The predicted octanol–water partition coefficient (Wildman–Crippen LogP) is 2.96. The topological polar surface area (TPSA) is 92.7 Å². The molecule has 2 amide bonds. The monoisotopic (exact) mass is 358 g/mol. The van der Waals surface area contributed by atoms with Crippen LogP contribution in [0.1, 0.15) is 39.2 Å². The molecule has 1 aliphatic rings. The number of amides is 2. The zero-order valence-electron chi connectivity index (χ0n) is 13.7. The van der Waals surface area contributed by atoms with Gasteiger partial charge in [0.2, 0.25) is 0 Å². The number of methoxy groups -OCH3 is 1. The first-order valence-electron chi connectivity index (χ1n) is 7.92. The number of thiophene rings is 1. The molecule has 0 aromatic carbocycles. The normalized spacial score (nSPS) is 13.3. The van der Waals surface area contributed by atoms with Gasteiger partial charge in [0.15, 0.2) is 0 Å². The van der Waals surface area contributed by atoms with E-state index in [1.807, 2.05) is 6.07 Å². The molecular weight excluding hydrogens is 340 g/mol. The highest BCUT2D eigenvalue weighted by atomic mass is 32.1. The molecular formula is C17H18N4O3S. The third-order valence-corrected chi connectivity index (χ3v) is 5.06. The Morgan fingerprint density at radius 1 is 1.36 bits per heavy atom. The van der Waals surface area contributed by atoms with Crippen molar-refractivity contribution in [1.29, 1.82) is 0 Å². The zero-order chi connectivity index (χ0) is 17.6. The number of carbonyl (C=O) groups is 2. The molecule has 0 radical (unpaired) electrons. The average Bonchev–Trinajstić information content (AvgIpc) is 2.99. The third-order valence-electron chi connectivity index (χ3n) is 3.85. The van der Waals surface area contributed by atoms with Gasteiger partial charge in [-0.15, -0.1) is 11.3 Å². The number of hydrazone groups is 1. The van der Waals surface area contributed by atoms with Gasteiger partial charge in [0, 0.05) is 22.8 Å². The molecule has 0 atom stereocenters. The van der Waals surface area contributed by atoms with Gasteiger partial charge in [-0.05, 0) is 37.3 Å². The standard InChI is InChI=1S/C17H18N4O3S/c1-24-16(22)14-12-6-2-3-7-13(12)25-15(14)20-17(23)21-19-10-11-5-4-8-18-9-11/h4-5,8-10H,2-3,6-7H2,1H3,(H2,20,21,23). The Bertz CT molecular complexity index is 802. The highest BCUT2D eigenvalue weighted by molar-refractivity contribution is 7.17. The van der Waals surface area contributed by atoms with Gasteiger partial charge in [-0.25, -0.2) is 15.0 Å². The van der Waals surface area contributed by atoms with Crippen LogP contribution in [0.25, 0.3) is 0 Å². The van der Waals surface area contributed by atoms with Gasteiger partial charge < -0.3 is 4.74 Å². The number of anilines is 1. The van der Waals surface area contributed by atoms with Crippen LogP contribution in [0.15, 0.2) is 29.6 Å². The van der Waals surface area contributed by atoms with Crippen LogP contribution < -0.4 is 10.7 Å². The summed E-state index contributed by atoms with van der Waals surface area (Å²) in [5.41, 5.74) is 4.62. The molecule has 0 saturated carbocycles. The fraction of sp³-hybridized carbons (Fsp3) is 0.294. The van der Waals surface area contributed by atoms with Gasteiger partial charge in [-0.3, -0.25) is 10.3 Å². The van der Waals surface area contributed by atoms with Crippen LogP contribution in [0.3, 0.4) is 0 Å². The number of aryl methyl sites for hydroxylation is 1. The first kappa shape index (κ1) is 17.1. The minimum atomic E-state index is -0.510. The maximum atomic E-state index is 12.1. The van der Waals surface area contributed by atoms with Crippen molar-refractivity contribution in [3.63, 3.8) is 0 Å². The summed E-state index contributed by atoms with van der Waals surface area (Å²) in [7, 11) is 1.34. The maximum Gasteiger partial charge on any atom is 0.341 e. The molecule has 2 N–H and O–H groups in total. The smallest absolute Gasteiger partial charge is 0.341 e. The van der Waals surface area contributed by atoms with E-state index >= 15 is 0 Å². The van der Waals surface area contributed by atoms with Gasteiger partial charge >= 0.3 is 12.0 Å². The molecule has 0 bridgehead atoms. The predicted molar refractivity (Wildman–Crippen MR) is 96.3 cm³/mol. The molecule has 130 valence electrons. The summed E-state index contributed by atoms with van der Waals surface area (Å²) in [5, 5.41) is 7.09. The summed E-state index contributed by atoms with van der Waals surface area (Å²) in [6.45, 7) is 0. The Hall–Kier alpha value is -2.74. The summed E-state index contributed by atoms with van der Waals surface area (Å²) in [4.78, 5) is 29.3. The second-order valence-electron chi connectivity index (χ2n) is 5.52. The van der Waals surface area contributed by atoms with Crippen molar-refractivity contribution < 1.29 is 14.3 Å². The number of carbonyl (C=O) groups excluding carboxylic acids is 2. The lowest BCUT2D eigenvalue weighted by molar-refractivity contribution is 0.0601. The van der Waals surface area contributed by atoms with E-state index in [4.69, 9.17) is 4.74 Å². The number of aromatic nitrogens is 1. The summed E-state index contributed by atoms with van der Waals surface area (Å²) < 4.78 is 4.88. The summed E-state index contributed by atoms with van der Waals surface area (Å²) in [6, 6.07) is 3.09. The second kappa shape index (κ2) is 7.89. The fourth-order valence-electron chi connectivity index (χ4n) is 2.72. The van der Waals surface area contributed by atoms with Gasteiger partial charge in [0.25, 0.3) is 0 Å². The van der Waals surface area contributed by atoms with Gasteiger partial charge in [0.05, 0.1) is 18.9 Å². The zero-order valence-corrected chi connectivity index (χ0v) is 14.6. The number of nitrogens with zero attached hydrogens (tertiary/aromatic N) is 2. The first-order chi connectivity index (χ1) is 12.2. The summed E-state index contributed by atoms with van der Waals surface area (Å²) in [6.07, 6.45) is 8.67. The molecule has 3 rings (SSSR count). The number of hydrogen-bond donors (Lipinski definition) is 2. The quantitative estimate of drug-likeness (QED) is 0.499. The van der Waals surface area contributed by atoms with Crippen molar-refractivity contribution in [1.82, 2.24) is 10.4 Å². The molecule has 2 aromatic heterocycles. The first-order valence-corrected chi connectivity index (χ1v) is 8.73. The molecule has 0 fully saturated rings. The van der Waals surface area contributed by atoms with E-state index in [0.717, 1.165) is 41.7 Å². The van der Waals surface area contributed by atoms with Crippen LogP contribution in [0.5, 0.6) is 0 Å². The van der Waals surface area contributed by atoms with Gasteiger partial charge in [-0.2, -0.15) is 5.10 Å². The van der Waals surface area contributed by atoms with Crippen molar-refractivity contribution in [2.75, 3.05) is 12.4 Å².